The van der Waals surface area contributed by atoms with Crippen molar-refractivity contribution in [3.05, 3.63) is 42.2 Å². The predicted molar refractivity (Wildman–Crippen MR) is 113 cm³/mol. The van der Waals surface area contributed by atoms with Crippen LogP contribution in [0.4, 0.5) is 10.9 Å². The van der Waals surface area contributed by atoms with Crippen LogP contribution in [-0.4, -0.2) is 58.0 Å². The number of sulfone groups is 1. The van der Waals surface area contributed by atoms with Crippen molar-refractivity contribution in [2.24, 2.45) is 0 Å². The molecule has 1 saturated heterocycles. The second-order valence-electron chi connectivity index (χ2n) is 7.14. The van der Waals surface area contributed by atoms with Crippen LogP contribution in [0.25, 0.3) is 11.5 Å². The lowest BCUT2D eigenvalue weighted by molar-refractivity contribution is 0.277. The molecule has 10 heteroatoms. The second-order valence-corrected chi connectivity index (χ2v) is 10.1. The Balaban J connectivity index is 1.50. The lowest BCUT2D eigenvalue weighted by Crippen LogP contribution is -2.37. The van der Waals surface area contributed by atoms with Crippen molar-refractivity contribution in [3.8, 4) is 11.5 Å². The number of rotatable bonds is 5. The van der Waals surface area contributed by atoms with Crippen molar-refractivity contribution >= 4 is 32.3 Å². The van der Waals surface area contributed by atoms with Crippen molar-refractivity contribution in [1.29, 1.82) is 0 Å². The summed E-state index contributed by atoms with van der Waals surface area (Å²) in [5.41, 5.74) is 1.54. The molecule has 29 heavy (non-hydrogen) atoms. The lowest BCUT2D eigenvalue weighted by Gasteiger charge is -2.28. The van der Waals surface area contributed by atoms with E-state index in [2.05, 4.69) is 29.5 Å². The van der Waals surface area contributed by atoms with Crippen molar-refractivity contribution < 1.29 is 8.42 Å². The molecule has 1 fully saturated rings. The smallest absolute Gasteiger partial charge is 0.208 e. The van der Waals surface area contributed by atoms with Crippen molar-refractivity contribution in [2.45, 2.75) is 29.9 Å². The molecule has 0 aromatic carbocycles. The number of anilines is 2. The van der Waals surface area contributed by atoms with Crippen molar-refractivity contribution in [1.82, 2.24) is 24.2 Å². The lowest BCUT2D eigenvalue weighted by atomic mass is 10.1. The average Bonchev–Trinajstić information content (AvgIpc) is 3.19. The van der Waals surface area contributed by atoms with E-state index < -0.39 is 9.84 Å². The molecule has 0 aliphatic carbocycles. The van der Waals surface area contributed by atoms with Crippen molar-refractivity contribution in [3.63, 3.8) is 0 Å². The van der Waals surface area contributed by atoms with Crippen LogP contribution < -0.4 is 5.32 Å². The minimum Gasteiger partial charge on any atom is -0.315 e. The van der Waals surface area contributed by atoms with Crippen LogP contribution in [-0.2, 0) is 9.84 Å². The first-order valence-electron chi connectivity index (χ1n) is 9.35. The molecule has 0 atom stereocenters. The monoisotopic (exact) mass is 430 g/mol. The van der Waals surface area contributed by atoms with E-state index in [9.17, 15) is 8.42 Å². The van der Waals surface area contributed by atoms with E-state index >= 15 is 0 Å². The Bertz CT molecular complexity index is 1090. The van der Waals surface area contributed by atoms with Crippen LogP contribution in [0.15, 0.2) is 41.6 Å². The van der Waals surface area contributed by atoms with Gasteiger partial charge in [-0.1, -0.05) is 6.07 Å². The highest BCUT2D eigenvalue weighted by molar-refractivity contribution is 7.92. The summed E-state index contributed by atoms with van der Waals surface area (Å²) in [5.74, 6) is 1.18. The molecule has 8 nitrogen and oxygen atoms in total. The molecule has 0 saturated carbocycles. The van der Waals surface area contributed by atoms with Gasteiger partial charge >= 0.3 is 0 Å². The first-order chi connectivity index (χ1) is 13.9. The van der Waals surface area contributed by atoms with Crippen LogP contribution in [0.3, 0.4) is 0 Å². The molecular weight excluding hydrogens is 408 g/mol. The molecule has 4 heterocycles. The highest BCUT2D eigenvalue weighted by Gasteiger charge is 2.30. The van der Waals surface area contributed by atoms with E-state index in [1.54, 1.807) is 18.3 Å². The van der Waals surface area contributed by atoms with Gasteiger partial charge in [0, 0.05) is 23.9 Å². The molecule has 0 bridgehead atoms. The summed E-state index contributed by atoms with van der Waals surface area (Å²) in [6.45, 7) is 3.55. The third kappa shape index (κ3) is 4.29. The van der Waals surface area contributed by atoms with E-state index in [-0.39, 0.29) is 10.1 Å². The maximum absolute atomic E-state index is 12.9. The fourth-order valence-electron chi connectivity index (χ4n) is 3.26. The molecular formula is C19H22N6O2S2. The first-order valence-corrected chi connectivity index (χ1v) is 11.7. The minimum absolute atomic E-state index is 0.258. The van der Waals surface area contributed by atoms with Crippen LogP contribution in [0.5, 0.6) is 0 Å². The standard InChI is InChI=1S/C19H22N6O2S2/c1-13-4-3-9-20-17(13)22-19-23-18(24-28-19)16-6-5-15(12-21-16)29(26,27)14-7-10-25(2)11-8-14/h3-6,9,12,14H,7-8,10-11H2,1-2H3,(H,20,22,23,24). The number of nitrogens with one attached hydrogen (secondary N) is 1. The largest absolute Gasteiger partial charge is 0.315 e. The van der Waals surface area contributed by atoms with Crippen molar-refractivity contribution in [2.75, 3.05) is 25.5 Å². The van der Waals surface area contributed by atoms with E-state index in [4.69, 9.17) is 0 Å². The number of nitrogens with zero attached hydrogens (tertiary/aromatic N) is 5. The summed E-state index contributed by atoms with van der Waals surface area (Å²) in [4.78, 5) is 15.5. The Kier molecular flexibility index (Phi) is 5.57. The summed E-state index contributed by atoms with van der Waals surface area (Å²) in [5, 5.41) is 3.41. The van der Waals surface area contributed by atoms with E-state index in [1.807, 2.05) is 26.1 Å². The fourth-order valence-corrected chi connectivity index (χ4v) is 5.52. The molecule has 1 N–H and O–H groups in total. The quantitative estimate of drug-likeness (QED) is 0.659. The molecule has 4 rings (SSSR count). The molecule has 1 aliphatic rings. The van der Waals surface area contributed by atoms with Crippen LogP contribution in [0, 0.1) is 6.92 Å². The van der Waals surface area contributed by atoms with Gasteiger partial charge in [0.15, 0.2) is 15.7 Å². The topological polar surface area (TPSA) is 101 Å². The summed E-state index contributed by atoms with van der Waals surface area (Å²) in [6.07, 6.45) is 4.43. The fraction of sp³-hybridized carbons (Fsp3) is 0.368. The zero-order valence-electron chi connectivity index (χ0n) is 16.2. The van der Waals surface area contributed by atoms with E-state index in [0.717, 1.165) is 24.5 Å². The number of likely N-dealkylation sites (tertiary alicyclic amines) is 1. The van der Waals surface area contributed by atoms with Gasteiger partial charge < -0.3 is 10.2 Å². The van der Waals surface area contributed by atoms with Gasteiger partial charge in [-0.15, -0.1) is 0 Å². The van der Waals surface area contributed by atoms with E-state index in [1.165, 1.54) is 17.7 Å². The second kappa shape index (κ2) is 8.13. The third-order valence-electron chi connectivity index (χ3n) is 5.06. The Morgan fingerprint density at radius 2 is 1.97 bits per heavy atom. The van der Waals surface area contributed by atoms with Gasteiger partial charge in [-0.25, -0.2) is 13.4 Å². The molecule has 3 aromatic rings. The van der Waals surface area contributed by atoms with Gasteiger partial charge in [0.1, 0.15) is 11.5 Å². The highest BCUT2D eigenvalue weighted by atomic mass is 32.2. The van der Waals surface area contributed by atoms with Gasteiger partial charge in [0.25, 0.3) is 0 Å². The Morgan fingerprint density at radius 3 is 2.66 bits per heavy atom. The van der Waals surface area contributed by atoms with Gasteiger partial charge in [-0.3, -0.25) is 4.98 Å². The van der Waals surface area contributed by atoms with Gasteiger partial charge in [0.2, 0.25) is 5.13 Å². The Hall–Kier alpha value is -2.43. The first kappa shape index (κ1) is 19.9. The average molecular weight is 431 g/mol. The summed E-state index contributed by atoms with van der Waals surface area (Å²) in [6, 6.07) is 7.10. The number of pyridine rings is 2. The van der Waals surface area contributed by atoms with Crippen LogP contribution in [0.1, 0.15) is 18.4 Å². The summed E-state index contributed by atoms with van der Waals surface area (Å²) >= 11 is 1.21. The van der Waals surface area contributed by atoms with E-state index in [0.29, 0.717) is 29.5 Å². The predicted octanol–water partition coefficient (Wildman–Crippen LogP) is 2.92. The minimum atomic E-state index is -3.37. The highest BCUT2D eigenvalue weighted by Crippen LogP contribution is 2.26. The summed E-state index contributed by atoms with van der Waals surface area (Å²) in [7, 11) is -1.36. The Morgan fingerprint density at radius 1 is 1.17 bits per heavy atom. The Labute approximate surface area is 174 Å². The normalized spacial score (nSPS) is 16.1. The molecule has 0 amide bonds. The van der Waals surface area contributed by atoms with Gasteiger partial charge in [-0.2, -0.15) is 9.36 Å². The maximum Gasteiger partial charge on any atom is 0.208 e. The van der Waals surface area contributed by atoms with Crippen LogP contribution in [0.2, 0.25) is 0 Å². The SMILES string of the molecule is Cc1cccnc1Nc1nc(-c2ccc(S(=O)(=O)C3CCN(C)CC3)cn2)ns1. The third-order valence-corrected chi connectivity index (χ3v) is 7.94. The molecule has 3 aromatic heterocycles. The van der Waals surface area contributed by atoms with Crippen LogP contribution >= 0.6 is 11.5 Å². The molecule has 0 spiro atoms. The maximum atomic E-state index is 12.9. The number of aryl methyl sites for hydroxylation is 1. The molecule has 0 radical (unpaired) electrons. The molecule has 0 unspecified atom stereocenters. The zero-order chi connectivity index (χ0) is 20.4. The number of aromatic nitrogens is 4. The molecule has 1 aliphatic heterocycles. The van der Waals surface area contributed by atoms with Gasteiger partial charge in [-0.05, 0) is 63.7 Å². The summed E-state index contributed by atoms with van der Waals surface area (Å²) < 4.78 is 30.1. The van der Waals surface area contributed by atoms with Gasteiger partial charge in [0.05, 0.1) is 10.1 Å². The molecule has 152 valence electrons. The number of hydrogen-bond donors (Lipinski definition) is 1. The zero-order valence-corrected chi connectivity index (χ0v) is 17.9. The number of hydrogen-bond acceptors (Lipinski definition) is 9. The number of piperidine rings is 1.